The Hall–Kier alpha value is -2.77. The predicted octanol–water partition coefficient (Wildman–Crippen LogP) is 0.731. The summed E-state index contributed by atoms with van der Waals surface area (Å²) in [5.41, 5.74) is 6.13. The Kier molecular flexibility index (Phi) is 3.47. The molecule has 2 aromatic heterocycles. The normalized spacial score (nSPS) is 10.5. The highest BCUT2D eigenvalue weighted by Gasteiger charge is 2.18. The number of carboxylic acids is 1. The van der Waals surface area contributed by atoms with Crippen molar-refractivity contribution in [3.8, 4) is 0 Å². The highest BCUT2D eigenvalue weighted by molar-refractivity contribution is 5.98. The molecule has 0 radical (unpaired) electrons. The van der Waals surface area contributed by atoms with Gasteiger partial charge in [-0.3, -0.25) is 9.48 Å². The minimum atomic E-state index is -1.13. The summed E-state index contributed by atoms with van der Waals surface area (Å²) in [5, 5.41) is 15.8. The monoisotopic (exact) mass is 278 g/mol. The Balaban J connectivity index is 2.18. The van der Waals surface area contributed by atoms with E-state index in [0.29, 0.717) is 22.8 Å². The Morgan fingerprint density at radius 1 is 1.50 bits per heavy atom. The van der Waals surface area contributed by atoms with Crippen molar-refractivity contribution in [2.45, 2.75) is 13.5 Å². The number of nitrogens with two attached hydrogens (primary N) is 1. The molecule has 0 saturated carbocycles. The van der Waals surface area contributed by atoms with Crippen LogP contribution in [0.4, 0.5) is 5.82 Å². The quantitative estimate of drug-likeness (QED) is 0.740. The van der Waals surface area contributed by atoms with Gasteiger partial charge < -0.3 is 20.6 Å². The smallest absolute Gasteiger partial charge is 0.371 e. The van der Waals surface area contributed by atoms with E-state index in [9.17, 15) is 9.59 Å². The van der Waals surface area contributed by atoms with Gasteiger partial charge in [-0.2, -0.15) is 5.10 Å². The van der Waals surface area contributed by atoms with Crippen LogP contribution in [0.15, 0.2) is 16.5 Å². The van der Waals surface area contributed by atoms with Crippen LogP contribution in [-0.2, 0) is 13.6 Å². The number of furan rings is 1. The second-order valence-corrected chi connectivity index (χ2v) is 4.22. The lowest BCUT2D eigenvalue weighted by Gasteiger charge is -2.06. The molecule has 2 aromatic rings. The van der Waals surface area contributed by atoms with Gasteiger partial charge in [-0.1, -0.05) is 0 Å². The number of amides is 1. The standard InChI is InChI=1S/C12H14N4O4/c1-6-9(10(13)17)11(16(2)15-6)14-5-7-3-4-8(20-7)12(18)19/h3-4,14H,5H2,1-2H3,(H2,13,17)(H,18,19). The van der Waals surface area contributed by atoms with Crippen molar-refractivity contribution in [3.05, 3.63) is 34.9 Å². The summed E-state index contributed by atoms with van der Waals surface area (Å²) in [6, 6.07) is 2.91. The number of primary amides is 1. The van der Waals surface area contributed by atoms with E-state index in [1.165, 1.54) is 10.7 Å². The van der Waals surface area contributed by atoms with E-state index in [0.717, 1.165) is 0 Å². The van der Waals surface area contributed by atoms with Crippen molar-refractivity contribution in [2.75, 3.05) is 5.32 Å². The van der Waals surface area contributed by atoms with E-state index >= 15 is 0 Å². The van der Waals surface area contributed by atoms with Crippen molar-refractivity contribution in [2.24, 2.45) is 12.8 Å². The van der Waals surface area contributed by atoms with Gasteiger partial charge in [0.25, 0.3) is 5.91 Å². The van der Waals surface area contributed by atoms with Gasteiger partial charge in [-0.15, -0.1) is 0 Å². The highest BCUT2D eigenvalue weighted by atomic mass is 16.4. The minimum Gasteiger partial charge on any atom is -0.475 e. The molecule has 0 unspecified atom stereocenters. The summed E-state index contributed by atoms with van der Waals surface area (Å²) in [7, 11) is 1.67. The number of anilines is 1. The molecule has 4 N–H and O–H groups in total. The van der Waals surface area contributed by atoms with Gasteiger partial charge in [-0.25, -0.2) is 4.79 Å². The Morgan fingerprint density at radius 2 is 2.20 bits per heavy atom. The maximum absolute atomic E-state index is 11.4. The molecule has 0 spiro atoms. The first-order valence-corrected chi connectivity index (χ1v) is 5.79. The molecule has 0 bridgehead atoms. The van der Waals surface area contributed by atoms with Gasteiger partial charge in [0.05, 0.1) is 12.2 Å². The van der Waals surface area contributed by atoms with E-state index in [2.05, 4.69) is 10.4 Å². The van der Waals surface area contributed by atoms with Crippen LogP contribution < -0.4 is 11.1 Å². The summed E-state index contributed by atoms with van der Waals surface area (Å²) in [5.74, 6) is -0.965. The summed E-state index contributed by atoms with van der Waals surface area (Å²) in [6.45, 7) is 1.90. The van der Waals surface area contributed by atoms with Crippen molar-refractivity contribution < 1.29 is 19.1 Å². The predicted molar refractivity (Wildman–Crippen MR) is 69.5 cm³/mol. The van der Waals surface area contributed by atoms with Crippen molar-refractivity contribution >= 4 is 17.7 Å². The maximum Gasteiger partial charge on any atom is 0.371 e. The number of nitrogens with one attached hydrogen (secondary N) is 1. The Morgan fingerprint density at radius 3 is 2.75 bits per heavy atom. The zero-order valence-corrected chi connectivity index (χ0v) is 11.0. The lowest BCUT2D eigenvalue weighted by molar-refractivity contribution is 0.0660. The van der Waals surface area contributed by atoms with Crippen molar-refractivity contribution in [1.29, 1.82) is 0 Å². The van der Waals surface area contributed by atoms with Gasteiger partial charge in [0.15, 0.2) is 0 Å². The molecule has 2 rings (SSSR count). The minimum absolute atomic E-state index is 0.141. The number of carbonyl (C=O) groups is 2. The maximum atomic E-state index is 11.4. The lowest BCUT2D eigenvalue weighted by Crippen LogP contribution is -2.15. The van der Waals surface area contributed by atoms with Gasteiger partial charge in [0, 0.05) is 7.05 Å². The van der Waals surface area contributed by atoms with E-state index in [1.54, 1.807) is 20.0 Å². The molecule has 0 saturated heterocycles. The van der Waals surface area contributed by atoms with Crippen LogP contribution in [0.3, 0.4) is 0 Å². The van der Waals surface area contributed by atoms with Crippen LogP contribution in [0.5, 0.6) is 0 Å². The molecular weight excluding hydrogens is 264 g/mol. The molecule has 0 aliphatic heterocycles. The molecule has 0 fully saturated rings. The molecule has 8 nitrogen and oxygen atoms in total. The molecule has 0 aliphatic rings. The first kappa shape index (κ1) is 13.7. The topological polar surface area (TPSA) is 123 Å². The first-order chi connectivity index (χ1) is 9.40. The third kappa shape index (κ3) is 2.48. The van der Waals surface area contributed by atoms with Crippen LogP contribution in [0, 0.1) is 6.92 Å². The fraction of sp³-hybridized carbons (Fsp3) is 0.250. The third-order valence-electron chi connectivity index (χ3n) is 2.77. The number of aryl methyl sites for hydroxylation is 2. The average Bonchev–Trinajstić information content (AvgIpc) is 2.91. The molecule has 0 aliphatic carbocycles. The summed E-state index contributed by atoms with van der Waals surface area (Å²) < 4.78 is 6.60. The second kappa shape index (κ2) is 5.08. The number of aromatic carboxylic acids is 1. The first-order valence-electron chi connectivity index (χ1n) is 5.79. The van der Waals surface area contributed by atoms with E-state index in [1.807, 2.05) is 0 Å². The molecule has 0 atom stereocenters. The largest absolute Gasteiger partial charge is 0.475 e. The molecule has 1 amide bonds. The van der Waals surface area contributed by atoms with Crippen LogP contribution >= 0.6 is 0 Å². The number of rotatable bonds is 5. The fourth-order valence-corrected chi connectivity index (χ4v) is 1.91. The van der Waals surface area contributed by atoms with Crippen LogP contribution in [0.2, 0.25) is 0 Å². The SMILES string of the molecule is Cc1nn(C)c(NCc2ccc(C(=O)O)o2)c1C(N)=O. The second-order valence-electron chi connectivity index (χ2n) is 4.22. The molecule has 8 heteroatoms. The van der Waals surface area contributed by atoms with Gasteiger partial charge >= 0.3 is 5.97 Å². The highest BCUT2D eigenvalue weighted by Crippen LogP contribution is 2.19. The van der Waals surface area contributed by atoms with E-state index in [4.69, 9.17) is 15.3 Å². The van der Waals surface area contributed by atoms with E-state index < -0.39 is 11.9 Å². The van der Waals surface area contributed by atoms with Gasteiger partial charge in [0.2, 0.25) is 5.76 Å². The van der Waals surface area contributed by atoms with Crippen LogP contribution in [0.1, 0.15) is 32.4 Å². The number of aromatic nitrogens is 2. The van der Waals surface area contributed by atoms with Gasteiger partial charge in [-0.05, 0) is 19.1 Å². The number of hydrogen-bond donors (Lipinski definition) is 3. The van der Waals surface area contributed by atoms with Crippen LogP contribution in [0.25, 0.3) is 0 Å². The van der Waals surface area contributed by atoms with Crippen molar-refractivity contribution in [3.63, 3.8) is 0 Å². The summed E-state index contributed by atoms with van der Waals surface area (Å²) in [6.07, 6.45) is 0. The molecule has 2 heterocycles. The summed E-state index contributed by atoms with van der Waals surface area (Å²) >= 11 is 0. The zero-order chi connectivity index (χ0) is 14.9. The number of hydrogen-bond acceptors (Lipinski definition) is 5. The number of carboxylic acid groups (broad SMARTS) is 1. The van der Waals surface area contributed by atoms with Crippen LogP contribution in [-0.4, -0.2) is 26.8 Å². The Labute approximate surface area is 114 Å². The Bertz CT molecular complexity index is 671. The molecule has 0 aromatic carbocycles. The van der Waals surface area contributed by atoms with Crippen molar-refractivity contribution in [1.82, 2.24) is 9.78 Å². The lowest BCUT2D eigenvalue weighted by atomic mass is 10.2. The third-order valence-corrected chi connectivity index (χ3v) is 2.77. The average molecular weight is 278 g/mol. The molecular formula is C12H14N4O4. The molecule has 106 valence electrons. The zero-order valence-electron chi connectivity index (χ0n) is 11.0. The summed E-state index contributed by atoms with van der Waals surface area (Å²) in [4.78, 5) is 22.1. The number of nitrogens with zero attached hydrogens (tertiary/aromatic N) is 2. The molecule has 20 heavy (non-hydrogen) atoms. The van der Waals surface area contributed by atoms with Gasteiger partial charge in [0.1, 0.15) is 17.1 Å². The van der Waals surface area contributed by atoms with E-state index in [-0.39, 0.29) is 12.3 Å². The number of carbonyl (C=O) groups excluding carboxylic acids is 1. The fourth-order valence-electron chi connectivity index (χ4n) is 1.91.